The van der Waals surface area contributed by atoms with Gasteiger partial charge in [0.25, 0.3) is 0 Å². The molecule has 0 saturated carbocycles. The summed E-state index contributed by atoms with van der Waals surface area (Å²) in [6.45, 7) is 0. The molecular formula is C16H11Cl2NO2. The smallest absolute Gasteiger partial charge is 0.248 e. The van der Waals surface area contributed by atoms with Crippen molar-refractivity contribution in [2.45, 2.75) is 0 Å². The van der Waals surface area contributed by atoms with Gasteiger partial charge in [0.15, 0.2) is 0 Å². The Balaban J connectivity index is 2.34. The number of halogens is 2. The summed E-state index contributed by atoms with van der Waals surface area (Å²) in [5.41, 5.74) is 2.14. The highest BCUT2D eigenvalue weighted by molar-refractivity contribution is 6.38. The number of hydrogen-bond donors (Lipinski definition) is 1. The van der Waals surface area contributed by atoms with Crippen LogP contribution in [0.3, 0.4) is 0 Å². The predicted molar refractivity (Wildman–Crippen MR) is 86.6 cm³/mol. The van der Waals surface area contributed by atoms with E-state index in [4.69, 9.17) is 27.9 Å². The van der Waals surface area contributed by atoms with Crippen LogP contribution in [0.2, 0.25) is 10.0 Å². The molecule has 0 amide bonds. The molecule has 1 heterocycles. The van der Waals surface area contributed by atoms with E-state index in [1.807, 2.05) is 18.2 Å². The van der Waals surface area contributed by atoms with Crippen molar-refractivity contribution in [3.05, 3.63) is 62.9 Å². The van der Waals surface area contributed by atoms with Gasteiger partial charge in [-0.3, -0.25) is 4.79 Å². The number of nitrogens with one attached hydrogen (secondary N) is 1. The second kappa shape index (κ2) is 5.43. The van der Waals surface area contributed by atoms with Gasteiger partial charge in [-0.15, -0.1) is 0 Å². The Labute approximate surface area is 131 Å². The topological polar surface area (TPSA) is 42.1 Å². The van der Waals surface area contributed by atoms with Crippen LogP contribution in [-0.2, 0) is 0 Å². The van der Waals surface area contributed by atoms with Crippen molar-refractivity contribution in [1.82, 2.24) is 4.98 Å². The lowest BCUT2D eigenvalue weighted by atomic mass is 10.0. The van der Waals surface area contributed by atoms with Crippen LogP contribution >= 0.6 is 23.2 Å². The maximum absolute atomic E-state index is 11.5. The highest BCUT2D eigenvalue weighted by atomic mass is 35.5. The van der Waals surface area contributed by atoms with E-state index in [-0.39, 0.29) is 5.56 Å². The van der Waals surface area contributed by atoms with Crippen LogP contribution in [-0.4, -0.2) is 12.1 Å². The molecule has 0 aliphatic rings. The third kappa shape index (κ3) is 2.50. The number of aromatic nitrogens is 1. The summed E-state index contributed by atoms with van der Waals surface area (Å²) in [6, 6.07) is 12.3. The standard InChI is InChI=1S/C16H11Cl2NO2/c1-21-13-8-12(9-2-4-10(17)5-3-9)15(18)11-6-7-14(20)19-16(11)13/h2-8H,1H3,(H,19,20). The molecule has 2 aromatic carbocycles. The molecule has 3 rings (SSSR count). The molecule has 0 unspecified atom stereocenters. The fourth-order valence-corrected chi connectivity index (χ4v) is 2.71. The highest BCUT2D eigenvalue weighted by Crippen LogP contribution is 2.38. The minimum atomic E-state index is -0.198. The van der Waals surface area contributed by atoms with Crippen LogP contribution in [0.15, 0.2) is 47.3 Å². The molecule has 0 saturated heterocycles. The lowest BCUT2D eigenvalue weighted by Gasteiger charge is -2.12. The van der Waals surface area contributed by atoms with Crippen molar-refractivity contribution in [3.63, 3.8) is 0 Å². The molecule has 3 nitrogen and oxygen atoms in total. The molecule has 0 radical (unpaired) electrons. The molecule has 1 N–H and O–H groups in total. The maximum Gasteiger partial charge on any atom is 0.248 e. The first kappa shape index (κ1) is 14.0. The zero-order valence-corrected chi connectivity index (χ0v) is 12.6. The summed E-state index contributed by atoms with van der Waals surface area (Å²) in [5, 5.41) is 1.96. The third-order valence-corrected chi connectivity index (χ3v) is 3.95. The number of rotatable bonds is 2. The number of benzene rings is 2. The molecule has 0 aliphatic carbocycles. The normalized spacial score (nSPS) is 10.8. The van der Waals surface area contributed by atoms with Gasteiger partial charge in [-0.05, 0) is 29.8 Å². The lowest BCUT2D eigenvalue weighted by Crippen LogP contribution is -2.04. The molecule has 0 spiro atoms. The van der Waals surface area contributed by atoms with Crippen molar-refractivity contribution >= 4 is 34.1 Å². The van der Waals surface area contributed by atoms with Crippen LogP contribution in [0.5, 0.6) is 5.75 Å². The Hall–Kier alpha value is -1.97. The number of aromatic amines is 1. The van der Waals surface area contributed by atoms with E-state index in [0.29, 0.717) is 21.3 Å². The van der Waals surface area contributed by atoms with E-state index in [0.717, 1.165) is 16.5 Å². The SMILES string of the molecule is COc1cc(-c2ccc(Cl)cc2)c(Cl)c2ccc(=O)[nH]c12. The van der Waals surface area contributed by atoms with Gasteiger partial charge >= 0.3 is 0 Å². The van der Waals surface area contributed by atoms with Crippen LogP contribution in [0, 0.1) is 0 Å². The van der Waals surface area contributed by atoms with Gasteiger partial charge in [-0.25, -0.2) is 0 Å². The quantitative estimate of drug-likeness (QED) is 0.755. The summed E-state index contributed by atoms with van der Waals surface area (Å²) >= 11 is 12.4. The van der Waals surface area contributed by atoms with Gasteiger partial charge in [0.1, 0.15) is 5.75 Å². The first-order valence-electron chi connectivity index (χ1n) is 6.25. The Kier molecular flexibility index (Phi) is 3.62. The molecule has 5 heteroatoms. The van der Waals surface area contributed by atoms with E-state index in [2.05, 4.69) is 4.98 Å². The number of ether oxygens (including phenoxy) is 1. The summed E-state index contributed by atoms with van der Waals surface area (Å²) in [4.78, 5) is 14.2. The van der Waals surface area contributed by atoms with Crippen molar-refractivity contribution in [2.75, 3.05) is 7.11 Å². The maximum atomic E-state index is 11.5. The molecule has 3 aromatic rings. The van der Waals surface area contributed by atoms with E-state index >= 15 is 0 Å². The summed E-state index contributed by atoms with van der Waals surface area (Å²) in [6.07, 6.45) is 0. The molecule has 0 bridgehead atoms. The van der Waals surface area contributed by atoms with Crippen molar-refractivity contribution in [3.8, 4) is 16.9 Å². The summed E-state index contributed by atoms with van der Waals surface area (Å²) in [7, 11) is 1.56. The minimum Gasteiger partial charge on any atom is -0.495 e. The molecule has 21 heavy (non-hydrogen) atoms. The first-order valence-corrected chi connectivity index (χ1v) is 7.01. The molecule has 0 fully saturated rings. The monoisotopic (exact) mass is 319 g/mol. The minimum absolute atomic E-state index is 0.198. The number of methoxy groups -OCH3 is 1. The number of fused-ring (bicyclic) bond motifs is 1. The number of hydrogen-bond acceptors (Lipinski definition) is 2. The highest BCUT2D eigenvalue weighted by Gasteiger charge is 2.13. The van der Waals surface area contributed by atoms with Crippen LogP contribution < -0.4 is 10.3 Å². The average Bonchev–Trinajstić information content (AvgIpc) is 2.49. The molecule has 0 aliphatic heterocycles. The zero-order valence-electron chi connectivity index (χ0n) is 11.1. The van der Waals surface area contributed by atoms with E-state index < -0.39 is 0 Å². The Morgan fingerprint density at radius 1 is 1.05 bits per heavy atom. The van der Waals surface area contributed by atoms with Gasteiger partial charge in [-0.2, -0.15) is 0 Å². The van der Waals surface area contributed by atoms with Crippen LogP contribution in [0.1, 0.15) is 0 Å². The molecular weight excluding hydrogens is 309 g/mol. The zero-order chi connectivity index (χ0) is 15.0. The van der Waals surface area contributed by atoms with Crippen LogP contribution in [0.4, 0.5) is 0 Å². The van der Waals surface area contributed by atoms with Gasteiger partial charge < -0.3 is 9.72 Å². The lowest BCUT2D eigenvalue weighted by molar-refractivity contribution is 0.419. The largest absolute Gasteiger partial charge is 0.495 e. The van der Waals surface area contributed by atoms with Crippen molar-refractivity contribution in [1.29, 1.82) is 0 Å². The fourth-order valence-electron chi connectivity index (χ4n) is 2.26. The Bertz CT molecular complexity index is 870. The Morgan fingerprint density at radius 2 is 1.76 bits per heavy atom. The fraction of sp³-hybridized carbons (Fsp3) is 0.0625. The molecule has 106 valence electrons. The van der Waals surface area contributed by atoms with Gasteiger partial charge in [0.2, 0.25) is 5.56 Å². The van der Waals surface area contributed by atoms with Crippen molar-refractivity contribution < 1.29 is 4.74 Å². The van der Waals surface area contributed by atoms with Gasteiger partial charge in [0, 0.05) is 22.0 Å². The third-order valence-electron chi connectivity index (χ3n) is 3.29. The van der Waals surface area contributed by atoms with Crippen molar-refractivity contribution in [2.24, 2.45) is 0 Å². The summed E-state index contributed by atoms with van der Waals surface area (Å²) in [5.74, 6) is 0.567. The van der Waals surface area contributed by atoms with Crippen LogP contribution in [0.25, 0.3) is 22.0 Å². The second-order valence-electron chi connectivity index (χ2n) is 4.56. The van der Waals surface area contributed by atoms with Gasteiger partial charge in [0.05, 0.1) is 17.6 Å². The van der Waals surface area contributed by atoms with E-state index in [1.54, 1.807) is 25.3 Å². The first-order chi connectivity index (χ1) is 10.1. The molecule has 1 aromatic heterocycles. The molecule has 0 atom stereocenters. The Morgan fingerprint density at radius 3 is 2.43 bits per heavy atom. The number of pyridine rings is 1. The van der Waals surface area contributed by atoms with Gasteiger partial charge in [-0.1, -0.05) is 35.3 Å². The summed E-state index contributed by atoms with van der Waals surface area (Å²) < 4.78 is 5.37. The predicted octanol–water partition coefficient (Wildman–Crippen LogP) is 4.51. The average molecular weight is 320 g/mol. The second-order valence-corrected chi connectivity index (χ2v) is 5.37. The van der Waals surface area contributed by atoms with E-state index in [9.17, 15) is 4.79 Å². The number of H-pyrrole nitrogens is 1. The van der Waals surface area contributed by atoms with E-state index in [1.165, 1.54) is 6.07 Å².